The average molecular weight is 319 g/mol. The van der Waals surface area contributed by atoms with Crippen LogP contribution in [-0.4, -0.2) is 9.55 Å². The summed E-state index contributed by atoms with van der Waals surface area (Å²) in [5, 5.41) is 3.65. The van der Waals surface area contributed by atoms with Crippen LogP contribution in [0.3, 0.4) is 0 Å². The topological polar surface area (TPSA) is 29.9 Å². The molecule has 0 aliphatic rings. The van der Waals surface area contributed by atoms with E-state index in [1.54, 1.807) is 22.9 Å². The highest BCUT2D eigenvalue weighted by Gasteiger charge is 2.05. The fourth-order valence-electron chi connectivity index (χ4n) is 1.38. The van der Waals surface area contributed by atoms with E-state index >= 15 is 0 Å². The van der Waals surface area contributed by atoms with E-state index in [1.165, 1.54) is 6.07 Å². The molecular weight excluding hydrogens is 308 g/mol. The first-order chi connectivity index (χ1) is 8.08. The fourth-order valence-corrected chi connectivity index (χ4v) is 1.77. The molecule has 2 aromatic rings. The molecule has 90 valence electrons. The summed E-state index contributed by atoms with van der Waals surface area (Å²) in [6, 6.07) is 4.87. The second-order valence-corrected chi connectivity index (χ2v) is 4.78. The molecule has 0 spiro atoms. The van der Waals surface area contributed by atoms with Crippen molar-refractivity contribution >= 4 is 33.2 Å². The number of rotatable bonds is 3. The van der Waals surface area contributed by atoms with Crippen LogP contribution in [0.4, 0.5) is 10.1 Å². The van der Waals surface area contributed by atoms with Crippen LogP contribution in [-0.2, 0) is 13.6 Å². The lowest BCUT2D eigenvalue weighted by molar-refractivity contribution is 0.621. The predicted molar refractivity (Wildman–Crippen MR) is 69.6 cm³/mol. The van der Waals surface area contributed by atoms with Crippen molar-refractivity contribution < 1.29 is 4.39 Å². The zero-order valence-electron chi connectivity index (χ0n) is 9.04. The minimum absolute atomic E-state index is 0.298. The van der Waals surface area contributed by atoms with Crippen LogP contribution in [0.25, 0.3) is 0 Å². The third kappa shape index (κ3) is 2.79. The molecule has 0 fully saturated rings. The number of benzene rings is 1. The standard InChI is InChI=1S/C11H10BrClFN3/c1-17-10(13)5-16-11(17)6-15-7-2-3-8(12)9(14)4-7/h2-5,15H,6H2,1H3. The van der Waals surface area contributed by atoms with Crippen LogP contribution < -0.4 is 5.32 Å². The van der Waals surface area contributed by atoms with Gasteiger partial charge in [-0.1, -0.05) is 11.6 Å². The summed E-state index contributed by atoms with van der Waals surface area (Å²) in [6.45, 7) is 0.490. The molecule has 2 rings (SSSR count). The highest BCUT2D eigenvalue weighted by Crippen LogP contribution is 2.20. The molecule has 0 aliphatic carbocycles. The van der Waals surface area contributed by atoms with Crippen molar-refractivity contribution in [3.05, 3.63) is 45.7 Å². The van der Waals surface area contributed by atoms with Gasteiger partial charge >= 0.3 is 0 Å². The molecule has 6 heteroatoms. The number of nitrogens with zero attached hydrogens (tertiary/aromatic N) is 2. The maximum atomic E-state index is 13.3. The zero-order chi connectivity index (χ0) is 12.4. The lowest BCUT2D eigenvalue weighted by atomic mass is 10.3. The fraction of sp³-hybridized carbons (Fsp3) is 0.182. The van der Waals surface area contributed by atoms with E-state index in [4.69, 9.17) is 11.6 Å². The van der Waals surface area contributed by atoms with Gasteiger partial charge in [-0.2, -0.15) is 0 Å². The smallest absolute Gasteiger partial charge is 0.139 e. The van der Waals surface area contributed by atoms with Crippen LogP contribution in [0.1, 0.15) is 5.82 Å². The van der Waals surface area contributed by atoms with Crippen molar-refractivity contribution in [2.45, 2.75) is 6.54 Å². The summed E-state index contributed by atoms with van der Waals surface area (Å²) in [7, 11) is 1.83. The molecule has 0 amide bonds. The van der Waals surface area contributed by atoms with Gasteiger partial charge in [0.25, 0.3) is 0 Å². The van der Waals surface area contributed by atoms with Crippen LogP contribution >= 0.6 is 27.5 Å². The van der Waals surface area contributed by atoms with Crippen molar-refractivity contribution in [1.29, 1.82) is 0 Å². The summed E-state index contributed by atoms with van der Waals surface area (Å²) >= 11 is 8.97. The molecular formula is C11H10BrClFN3. The van der Waals surface area contributed by atoms with Crippen molar-refractivity contribution in [2.75, 3.05) is 5.32 Å². The number of nitrogens with one attached hydrogen (secondary N) is 1. The molecule has 1 aromatic heterocycles. The van der Waals surface area contributed by atoms with E-state index in [0.717, 1.165) is 5.82 Å². The van der Waals surface area contributed by atoms with Gasteiger partial charge in [0.15, 0.2) is 0 Å². The van der Waals surface area contributed by atoms with Crippen molar-refractivity contribution in [1.82, 2.24) is 9.55 Å². The number of imidazole rings is 1. The van der Waals surface area contributed by atoms with E-state index < -0.39 is 0 Å². The summed E-state index contributed by atoms with van der Waals surface area (Å²) in [5.74, 6) is 0.492. The molecule has 0 aliphatic heterocycles. The van der Waals surface area contributed by atoms with Gasteiger partial charge in [-0.25, -0.2) is 9.37 Å². The Morgan fingerprint density at radius 3 is 2.88 bits per heavy atom. The lowest BCUT2D eigenvalue weighted by Gasteiger charge is -2.07. The van der Waals surface area contributed by atoms with Gasteiger partial charge < -0.3 is 9.88 Å². The van der Waals surface area contributed by atoms with Crippen molar-refractivity contribution in [3.63, 3.8) is 0 Å². The molecule has 0 bridgehead atoms. The van der Waals surface area contributed by atoms with E-state index in [0.29, 0.717) is 21.9 Å². The molecule has 0 atom stereocenters. The van der Waals surface area contributed by atoms with Gasteiger partial charge in [-0.05, 0) is 34.1 Å². The van der Waals surface area contributed by atoms with Crippen molar-refractivity contribution in [2.24, 2.45) is 7.05 Å². The quantitative estimate of drug-likeness (QED) is 0.937. The number of anilines is 1. The molecule has 0 radical (unpaired) electrons. The Balaban J connectivity index is 2.07. The summed E-state index contributed by atoms with van der Waals surface area (Å²) in [5.41, 5.74) is 0.699. The Morgan fingerprint density at radius 1 is 1.53 bits per heavy atom. The molecule has 0 saturated carbocycles. The Kier molecular flexibility index (Phi) is 3.69. The first kappa shape index (κ1) is 12.4. The van der Waals surface area contributed by atoms with E-state index in [2.05, 4.69) is 26.2 Å². The lowest BCUT2D eigenvalue weighted by Crippen LogP contribution is -2.06. The second-order valence-electron chi connectivity index (χ2n) is 3.54. The van der Waals surface area contributed by atoms with E-state index in [1.807, 2.05) is 7.05 Å². The predicted octanol–water partition coefficient (Wildman–Crippen LogP) is 3.59. The first-order valence-corrected chi connectivity index (χ1v) is 6.10. The average Bonchev–Trinajstić information content (AvgIpc) is 2.62. The normalized spacial score (nSPS) is 10.6. The number of hydrogen-bond donors (Lipinski definition) is 1. The highest BCUT2D eigenvalue weighted by atomic mass is 79.9. The molecule has 0 unspecified atom stereocenters. The molecule has 0 saturated heterocycles. The highest BCUT2D eigenvalue weighted by molar-refractivity contribution is 9.10. The van der Waals surface area contributed by atoms with Gasteiger partial charge in [-0.3, -0.25) is 0 Å². The molecule has 3 nitrogen and oxygen atoms in total. The monoisotopic (exact) mass is 317 g/mol. The largest absolute Gasteiger partial charge is 0.378 e. The van der Waals surface area contributed by atoms with E-state index in [-0.39, 0.29) is 5.82 Å². The van der Waals surface area contributed by atoms with Crippen LogP contribution in [0, 0.1) is 5.82 Å². The third-order valence-corrected chi connectivity index (χ3v) is 3.39. The molecule has 1 heterocycles. The molecule has 1 N–H and O–H groups in total. The van der Waals surface area contributed by atoms with E-state index in [9.17, 15) is 4.39 Å². The maximum Gasteiger partial charge on any atom is 0.139 e. The summed E-state index contributed by atoms with van der Waals surface area (Å²) in [6.07, 6.45) is 1.58. The van der Waals surface area contributed by atoms with Crippen LogP contribution in [0.15, 0.2) is 28.9 Å². The Bertz CT molecular complexity index is 542. The minimum atomic E-state index is -0.298. The summed E-state index contributed by atoms with van der Waals surface area (Å²) < 4.78 is 15.5. The number of aromatic nitrogens is 2. The van der Waals surface area contributed by atoms with Crippen LogP contribution in [0.5, 0.6) is 0 Å². The Hall–Kier alpha value is -1.07. The van der Waals surface area contributed by atoms with Crippen LogP contribution in [0.2, 0.25) is 5.15 Å². The van der Waals surface area contributed by atoms with Gasteiger partial charge in [0.05, 0.1) is 17.2 Å². The molecule has 1 aromatic carbocycles. The number of halogens is 3. The SMILES string of the molecule is Cn1c(Cl)cnc1CNc1ccc(Br)c(F)c1. The zero-order valence-corrected chi connectivity index (χ0v) is 11.4. The Morgan fingerprint density at radius 2 is 2.29 bits per heavy atom. The first-order valence-electron chi connectivity index (χ1n) is 4.93. The van der Waals surface area contributed by atoms with Gasteiger partial charge in [0, 0.05) is 12.7 Å². The number of hydrogen-bond acceptors (Lipinski definition) is 2. The minimum Gasteiger partial charge on any atom is -0.378 e. The van der Waals surface area contributed by atoms with Gasteiger partial charge in [0.2, 0.25) is 0 Å². The second kappa shape index (κ2) is 5.06. The van der Waals surface area contributed by atoms with Gasteiger partial charge in [0.1, 0.15) is 16.8 Å². The van der Waals surface area contributed by atoms with Gasteiger partial charge in [-0.15, -0.1) is 0 Å². The molecule has 17 heavy (non-hydrogen) atoms. The third-order valence-electron chi connectivity index (χ3n) is 2.40. The van der Waals surface area contributed by atoms with Crippen molar-refractivity contribution in [3.8, 4) is 0 Å². The summed E-state index contributed by atoms with van der Waals surface area (Å²) in [4.78, 5) is 4.14. The maximum absolute atomic E-state index is 13.3. The Labute approximate surface area is 112 Å².